The number of hydrogen-bond donors (Lipinski definition) is 4. The molecular formula is C28H56N2O4Ti. The number of allylic oxidation sites excluding steroid dienone is 8. The van der Waals surface area contributed by atoms with Crippen LogP contribution in [0, 0.1) is 21.7 Å². The second-order valence-electron chi connectivity index (χ2n) is 13.1. The van der Waals surface area contributed by atoms with Crippen LogP contribution in [0.15, 0.2) is 47.3 Å². The first-order valence-corrected chi connectivity index (χ1v) is 13.3. The molecule has 0 spiro atoms. The molecule has 35 heavy (non-hydrogen) atoms. The van der Waals surface area contributed by atoms with Crippen molar-refractivity contribution < 1.29 is 40.1 Å². The Kier molecular flexibility index (Phi) is 17.3. The molecule has 0 heterocycles. The maximum absolute atomic E-state index is 9.61. The monoisotopic (exact) mass is 532 g/mol. The standard InChI is InChI=1S/2C12H22O2.2C2H6N.Ti/c2*1-11(2,3)9(13)7-8-10(14)12(4,5)6;2*1-3-2;/h2*7-8,13-14H,1-6H3;2*1-2H3;/q;;2*-1;+2. The van der Waals surface area contributed by atoms with Crippen LogP contribution >= 0.6 is 0 Å². The molecule has 0 aromatic carbocycles. The minimum atomic E-state index is -0.269. The molecule has 0 aliphatic carbocycles. The summed E-state index contributed by atoms with van der Waals surface area (Å²) in [5.74, 6) is 1.09. The van der Waals surface area contributed by atoms with Gasteiger partial charge in [-0.15, -0.1) is 0 Å². The normalized spacial score (nSPS) is 14.8. The van der Waals surface area contributed by atoms with E-state index in [2.05, 4.69) is 35.0 Å². The molecule has 0 saturated carbocycles. The van der Waals surface area contributed by atoms with E-state index in [0.717, 1.165) is 0 Å². The molecule has 0 aliphatic rings. The first-order chi connectivity index (χ1) is 15.2. The maximum atomic E-state index is 9.61. The predicted octanol–water partition coefficient (Wildman–Crippen LogP) is 7.95. The number of rotatable bonds is 4. The van der Waals surface area contributed by atoms with E-state index in [9.17, 15) is 20.4 Å². The van der Waals surface area contributed by atoms with E-state index in [-0.39, 0.29) is 64.4 Å². The Bertz CT molecular complexity index is 604. The Balaban J connectivity index is -0.000000465. The van der Waals surface area contributed by atoms with Crippen molar-refractivity contribution >= 4 is 0 Å². The zero-order valence-electron chi connectivity index (χ0n) is 25.5. The van der Waals surface area contributed by atoms with Crippen molar-refractivity contribution in [1.29, 1.82) is 0 Å². The summed E-state index contributed by atoms with van der Waals surface area (Å²) in [6.07, 6.45) is 6.22. The molecule has 0 atom stereocenters. The average molecular weight is 533 g/mol. The average Bonchev–Trinajstić information content (AvgIpc) is 2.60. The predicted molar refractivity (Wildman–Crippen MR) is 148 cm³/mol. The Labute approximate surface area is 226 Å². The van der Waals surface area contributed by atoms with E-state index in [0.29, 0.717) is 0 Å². The van der Waals surface area contributed by atoms with Gasteiger partial charge in [-0.1, -0.05) is 83.1 Å². The third-order valence-electron chi connectivity index (χ3n) is 4.27. The molecule has 206 valence electrons. The molecule has 0 amide bonds. The summed E-state index contributed by atoms with van der Waals surface area (Å²) in [7, 11) is 8.44. The summed E-state index contributed by atoms with van der Waals surface area (Å²) < 4.78 is 4.50. The molecule has 0 fully saturated rings. The summed E-state index contributed by atoms with van der Waals surface area (Å²) in [4.78, 5) is 0. The molecule has 6 nitrogen and oxygen atoms in total. The van der Waals surface area contributed by atoms with Gasteiger partial charge in [0.05, 0.1) is 23.0 Å². The van der Waals surface area contributed by atoms with Gasteiger partial charge in [0.25, 0.3) is 0 Å². The second-order valence-corrected chi connectivity index (χ2v) is 16.2. The number of aliphatic hydroxyl groups is 4. The molecule has 0 aliphatic heterocycles. The molecular weight excluding hydrogens is 476 g/mol. The summed E-state index contributed by atoms with van der Waals surface area (Å²) in [5, 5.41) is 38.4. The van der Waals surface area contributed by atoms with Gasteiger partial charge in [-0.05, 0) is 24.3 Å². The summed E-state index contributed by atoms with van der Waals surface area (Å²) in [5.41, 5.74) is -1.08. The molecule has 0 aromatic heterocycles. The van der Waals surface area contributed by atoms with Crippen LogP contribution in [0.2, 0.25) is 0 Å². The van der Waals surface area contributed by atoms with Gasteiger partial charge in [0.1, 0.15) is 0 Å². The topological polar surface area (TPSA) is 87.4 Å². The van der Waals surface area contributed by atoms with Crippen LogP contribution in [0.5, 0.6) is 0 Å². The van der Waals surface area contributed by atoms with Gasteiger partial charge in [-0.25, -0.2) is 0 Å². The molecule has 7 heteroatoms. The first kappa shape index (κ1) is 38.3. The van der Waals surface area contributed by atoms with Crippen molar-refractivity contribution in [3.05, 3.63) is 47.3 Å². The molecule has 0 radical (unpaired) electrons. The van der Waals surface area contributed by atoms with Crippen LogP contribution in [0.25, 0.3) is 0 Å². The van der Waals surface area contributed by atoms with Crippen LogP contribution in [-0.2, 0) is 19.7 Å². The van der Waals surface area contributed by atoms with Crippen molar-refractivity contribution in [2.45, 2.75) is 83.1 Å². The van der Waals surface area contributed by atoms with E-state index in [4.69, 9.17) is 0 Å². The molecule has 0 bridgehead atoms. The molecule has 0 saturated heterocycles. The van der Waals surface area contributed by atoms with Crippen LogP contribution in [0.1, 0.15) is 83.1 Å². The van der Waals surface area contributed by atoms with Crippen LogP contribution in [0.3, 0.4) is 0 Å². The van der Waals surface area contributed by atoms with Crippen molar-refractivity contribution in [3.63, 3.8) is 0 Å². The fraction of sp³-hybridized carbons (Fsp3) is 0.714. The van der Waals surface area contributed by atoms with Gasteiger partial charge in [-0.2, -0.15) is 0 Å². The fourth-order valence-corrected chi connectivity index (χ4v) is 2.96. The van der Waals surface area contributed by atoms with E-state index in [1.807, 2.05) is 83.1 Å². The van der Waals surface area contributed by atoms with Crippen LogP contribution in [-0.4, -0.2) is 55.4 Å². The first-order valence-electron chi connectivity index (χ1n) is 12.0. The van der Waals surface area contributed by atoms with E-state index in [1.54, 1.807) is 24.3 Å². The van der Waals surface area contributed by atoms with Crippen molar-refractivity contribution in [3.8, 4) is 0 Å². The Morgan fingerprint density at radius 2 is 0.571 bits per heavy atom. The third kappa shape index (κ3) is 23.0. The second kappa shape index (κ2) is 15.8. The third-order valence-corrected chi connectivity index (χ3v) is 5.52. The van der Waals surface area contributed by atoms with Gasteiger partial charge in [0.2, 0.25) is 0 Å². The molecule has 4 N–H and O–H groups in total. The SMILES string of the molecule is CC(C)(C)C(O)=CC=C(O)C(C)(C)C.CC(C)(C)C(O)=CC=C(O)C(C)(C)C.C[N](C)[Ti][N](C)C. The summed E-state index contributed by atoms with van der Waals surface area (Å²) in [6, 6.07) is 0. The zero-order chi connectivity index (χ0) is 29.0. The summed E-state index contributed by atoms with van der Waals surface area (Å²) >= 11 is 0.0556. The van der Waals surface area contributed by atoms with Crippen molar-refractivity contribution in [1.82, 2.24) is 6.76 Å². The number of aliphatic hydroxyl groups excluding tert-OH is 4. The fourth-order valence-electron chi connectivity index (χ4n) is 1.72. The van der Waals surface area contributed by atoms with Crippen LogP contribution in [0.4, 0.5) is 0 Å². The molecule has 0 aromatic rings. The van der Waals surface area contributed by atoms with Crippen molar-refractivity contribution in [2.75, 3.05) is 28.2 Å². The van der Waals surface area contributed by atoms with E-state index >= 15 is 0 Å². The zero-order valence-corrected chi connectivity index (χ0v) is 27.1. The molecule has 0 unspecified atom stereocenters. The Morgan fingerprint density at radius 1 is 0.429 bits per heavy atom. The van der Waals surface area contributed by atoms with Gasteiger partial charge in [0.15, 0.2) is 0 Å². The number of nitrogens with zero attached hydrogens (tertiary/aromatic N) is 2. The van der Waals surface area contributed by atoms with E-state index in [1.165, 1.54) is 0 Å². The van der Waals surface area contributed by atoms with Gasteiger partial charge in [0, 0.05) is 21.7 Å². The Morgan fingerprint density at radius 3 is 0.629 bits per heavy atom. The van der Waals surface area contributed by atoms with Gasteiger partial charge >= 0.3 is 54.6 Å². The minimum absolute atomic E-state index is 0.0556. The van der Waals surface area contributed by atoms with Gasteiger partial charge < -0.3 is 20.4 Å². The van der Waals surface area contributed by atoms with Crippen molar-refractivity contribution in [2.24, 2.45) is 21.7 Å². The van der Waals surface area contributed by atoms with Gasteiger partial charge in [-0.3, -0.25) is 0 Å². The number of hydrogen-bond acceptors (Lipinski definition) is 6. The Hall–Kier alpha value is -1.21. The van der Waals surface area contributed by atoms with Crippen LogP contribution < -0.4 is 0 Å². The quantitative estimate of drug-likeness (QED) is 0.167. The summed E-state index contributed by atoms with van der Waals surface area (Å²) in [6.45, 7) is 23.0. The van der Waals surface area contributed by atoms with E-state index < -0.39 is 0 Å². The molecule has 0 rings (SSSR count).